The molecule has 2 N–H and O–H groups in total. The lowest BCUT2D eigenvalue weighted by Crippen LogP contribution is -2.33. The lowest BCUT2D eigenvalue weighted by Gasteiger charge is -2.24. The minimum Gasteiger partial charge on any atom is -0.476 e. The van der Waals surface area contributed by atoms with Gasteiger partial charge in [-0.2, -0.15) is 0 Å². The van der Waals surface area contributed by atoms with Gasteiger partial charge in [0.15, 0.2) is 5.69 Å². The van der Waals surface area contributed by atoms with E-state index >= 15 is 0 Å². The molecule has 1 fully saturated rings. The van der Waals surface area contributed by atoms with E-state index in [4.69, 9.17) is 9.84 Å². The average Bonchev–Trinajstić information content (AvgIpc) is 2.74. The monoisotopic (exact) mass is 236 g/mol. The smallest absolute Gasteiger partial charge is 0.356 e. The van der Waals surface area contributed by atoms with Crippen LogP contribution in [0.25, 0.3) is 0 Å². The molecule has 5 heteroatoms. The fraction of sp³-hybridized carbons (Fsp3) is 0.500. The number of aromatic carboxylic acids is 1. The molecule has 1 unspecified atom stereocenters. The Bertz CT molecular complexity index is 414. The third-order valence-corrected chi connectivity index (χ3v) is 2.96. The van der Waals surface area contributed by atoms with Gasteiger partial charge in [0.1, 0.15) is 0 Å². The van der Waals surface area contributed by atoms with Crippen molar-refractivity contribution in [3.8, 4) is 0 Å². The van der Waals surface area contributed by atoms with E-state index < -0.39 is 5.97 Å². The first kappa shape index (κ1) is 11.9. The molecule has 1 atom stereocenters. The summed E-state index contributed by atoms with van der Waals surface area (Å²) in [4.78, 5) is 14.8. The van der Waals surface area contributed by atoms with Crippen molar-refractivity contribution in [2.24, 2.45) is 0 Å². The molecule has 92 valence electrons. The number of carbonyl (C=O) groups is 1. The van der Waals surface area contributed by atoms with Gasteiger partial charge in [0.25, 0.3) is 0 Å². The van der Waals surface area contributed by atoms with Gasteiger partial charge in [-0.3, -0.25) is 0 Å². The Morgan fingerprint density at radius 3 is 3.18 bits per heavy atom. The number of nitrogens with zero attached hydrogens (tertiary/aromatic N) is 1. The summed E-state index contributed by atoms with van der Waals surface area (Å²) in [6.07, 6.45) is 3.52. The third kappa shape index (κ3) is 2.74. The summed E-state index contributed by atoms with van der Waals surface area (Å²) >= 11 is 0. The van der Waals surface area contributed by atoms with E-state index in [-0.39, 0.29) is 11.3 Å². The molecule has 0 saturated carbocycles. The van der Waals surface area contributed by atoms with Crippen LogP contribution in [0.4, 0.5) is 5.69 Å². The summed E-state index contributed by atoms with van der Waals surface area (Å²) < 4.78 is 5.63. The maximum Gasteiger partial charge on any atom is 0.356 e. The van der Waals surface area contributed by atoms with Crippen molar-refractivity contribution in [3.05, 3.63) is 24.0 Å². The number of anilines is 1. The van der Waals surface area contributed by atoms with Gasteiger partial charge in [-0.15, -0.1) is 0 Å². The van der Waals surface area contributed by atoms with Crippen LogP contribution in [0.5, 0.6) is 0 Å². The summed E-state index contributed by atoms with van der Waals surface area (Å²) in [5, 5.41) is 12.1. The summed E-state index contributed by atoms with van der Waals surface area (Å²) in [7, 11) is 0. The number of hydrogen-bond acceptors (Lipinski definition) is 4. The zero-order valence-corrected chi connectivity index (χ0v) is 9.77. The van der Waals surface area contributed by atoms with Crippen LogP contribution in [-0.4, -0.2) is 34.8 Å². The van der Waals surface area contributed by atoms with Crippen LogP contribution in [0.2, 0.25) is 0 Å². The SMILES string of the molecule is CC1(CNc2cccnc2C(=O)O)CCCO1. The van der Waals surface area contributed by atoms with Crippen LogP contribution in [0, 0.1) is 0 Å². The molecule has 1 aliphatic rings. The third-order valence-electron chi connectivity index (χ3n) is 2.96. The maximum atomic E-state index is 11.0. The fourth-order valence-corrected chi connectivity index (χ4v) is 1.98. The van der Waals surface area contributed by atoms with Crippen LogP contribution in [0.1, 0.15) is 30.3 Å². The lowest BCUT2D eigenvalue weighted by atomic mass is 10.0. The largest absolute Gasteiger partial charge is 0.476 e. The molecule has 0 spiro atoms. The first-order chi connectivity index (χ1) is 8.11. The Balaban J connectivity index is 2.06. The zero-order valence-electron chi connectivity index (χ0n) is 9.77. The van der Waals surface area contributed by atoms with Crippen molar-refractivity contribution < 1.29 is 14.6 Å². The average molecular weight is 236 g/mol. The zero-order chi connectivity index (χ0) is 12.3. The van der Waals surface area contributed by atoms with Crippen LogP contribution >= 0.6 is 0 Å². The lowest BCUT2D eigenvalue weighted by molar-refractivity contribution is 0.0314. The van der Waals surface area contributed by atoms with Gasteiger partial charge in [0, 0.05) is 19.3 Å². The highest BCUT2D eigenvalue weighted by molar-refractivity contribution is 5.91. The second-order valence-corrected chi connectivity index (χ2v) is 4.46. The van der Waals surface area contributed by atoms with Crippen molar-refractivity contribution in [3.63, 3.8) is 0 Å². The highest BCUT2D eigenvalue weighted by Gasteiger charge is 2.29. The highest BCUT2D eigenvalue weighted by Crippen LogP contribution is 2.25. The minimum absolute atomic E-state index is 0.0501. The van der Waals surface area contributed by atoms with Crippen molar-refractivity contribution in [1.29, 1.82) is 0 Å². The summed E-state index contributed by atoms with van der Waals surface area (Å²) in [6.45, 7) is 3.40. The highest BCUT2D eigenvalue weighted by atomic mass is 16.5. The molecule has 2 heterocycles. The van der Waals surface area contributed by atoms with Crippen molar-refractivity contribution in [1.82, 2.24) is 4.98 Å². The quantitative estimate of drug-likeness (QED) is 0.833. The molecule has 17 heavy (non-hydrogen) atoms. The van der Waals surface area contributed by atoms with Crippen molar-refractivity contribution >= 4 is 11.7 Å². The van der Waals surface area contributed by atoms with Crippen molar-refractivity contribution in [2.75, 3.05) is 18.5 Å². The molecule has 1 aromatic rings. The van der Waals surface area contributed by atoms with Gasteiger partial charge >= 0.3 is 5.97 Å². The number of pyridine rings is 1. The Hall–Kier alpha value is -1.62. The molecule has 0 bridgehead atoms. The standard InChI is InChI=1S/C12H16N2O3/c1-12(5-3-7-17-12)8-14-9-4-2-6-13-10(9)11(15)16/h2,4,6,14H,3,5,7-8H2,1H3,(H,15,16). The van der Waals surface area contributed by atoms with Crippen LogP contribution in [-0.2, 0) is 4.74 Å². The number of hydrogen-bond donors (Lipinski definition) is 2. The molecule has 5 nitrogen and oxygen atoms in total. The Morgan fingerprint density at radius 2 is 2.53 bits per heavy atom. The molecule has 0 radical (unpaired) electrons. The molecule has 0 aliphatic carbocycles. The fourth-order valence-electron chi connectivity index (χ4n) is 1.98. The van der Waals surface area contributed by atoms with Gasteiger partial charge in [0.2, 0.25) is 0 Å². The molecule has 1 aliphatic heterocycles. The normalized spacial score (nSPS) is 23.6. The second kappa shape index (κ2) is 4.71. The number of carboxylic acids is 1. The van der Waals surface area contributed by atoms with Crippen LogP contribution in [0.3, 0.4) is 0 Å². The molecule has 0 aromatic carbocycles. The summed E-state index contributed by atoms with van der Waals surface area (Å²) in [6, 6.07) is 3.43. The maximum absolute atomic E-state index is 11.0. The predicted octanol–water partition coefficient (Wildman–Crippen LogP) is 1.76. The van der Waals surface area contributed by atoms with Crippen LogP contribution in [0.15, 0.2) is 18.3 Å². The Kier molecular flexibility index (Phi) is 3.28. The van der Waals surface area contributed by atoms with E-state index in [2.05, 4.69) is 10.3 Å². The molecule has 0 amide bonds. The van der Waals surface area contributed by atoms with Gasteiger partial charge in [-0.05, 0) is 31.9 Å². The molecule has 1 saturated heterocycles. The van der Waals surface area contributed by atoms with Gasteiger partial charge in [-0.1, -0.05) is 0 Å². The van der Waals surface area contributed by atoms with Gasteiger partial charge in [0.05, 0.1) is 11.3 Å². The number of ether oxygens (including phenoxy) is 1. The summed E-state index contributed by atoms with van der Waals surface area (Å²) in [5.74, 6) is -1.02. The Morgan fingerprint density at radius 1 is 1.71 bits per heavy atom. The van der Waals surface area contributed by atoms with Crippen molar-refractivity contribution in [2.45, 2.75) is 25.4 Å². The van der Waals surface area contributed by atoms with E-state index in [1.807, 2.05) is 6.92 Å². The number of rotatable bonds is 4. The summed E-state index contributed by atoms with van der Waals surface area (Å²) in [5.41, 5.74) is 0.386. The van der Waals surface area contributed by atoms with Gasteiger partial charge in [-0.25, -0.2) is 9.78 Å². The molecule has 2 rings (SSSR count). The van der Waals surface area contributed by atoms with E-state index in [0.717, 1.165) is 19.4 Å². The van der Waals surface area contributed by atoms with E-state index in [1.165, 1.54) is 6.20 Å². The number of carboxylic acid groups (broad SMARTS) is 1. The Labute approximate surface area is 99.8 Å². The van der Waals surface area contributed by atoms with E-state index in [0.29, 0.717) is 12.2 Å². The first-order valence-electron chi connectivity index (χ1n) is 5.67. The second-order valence-electron chi connectivity index (χ2n) is 4.46. The number of aromatic nitrogens is 1. The minimum atomic E-state index is -1.02. The van der Waals surface area contributed by atoms with E-state index in [1.54, 1.807) is 12.1 Å². The number of nitrogens with one attached hydrogen (secondary N) is 1. The molecular weight excluding hydrogens is 220 g/mol. The topological polar surface area (TPSA) is 71.5 Å². The predicted molar refractivity (Wildman–Crippen MR) is 63.3 cm³/mol. The molecular formula is C12H16N2O3. The van der Waals surface area contributed by atoms with E-state index in [9.17, 15) is 4.79 Å². The molecule has 1 aromatic heterocycles. The first-order valence-corrected chi connectivity index (χ1v) is 5.67. The van der Waals surface area contributed by atoms with Crippen LogP contribution < -0.4 is 5.32 Å². The van der Waals surface area contributed by atoms with Gasteiger partial charge < -0.3 is 15.2 Å².